The van der Waals surface area contributed by atoms with Gasteiger partial charge in [0, 0.05) is 12.8 Å². The Kier molecular flexibility index (Phi) is 63.4. The van der Waals surface area contributed by atoms with E-state index in [-0.39, 0.29) is 18.5 Å². The molecule has 6 nitrogen and oxygen atoms in total. The van der Waals surface area contributed by atoms with Crippen LogP contribution in [0, 0.1) is 0 Å². The Labute approximate surface area is 469 Å². The summed E-state index contributed by atoms with van der Waals surface area (Å²) in [5.74, 6) is -0.0498. The van der Waals surface area contributed by atoms with E-state index in [1.54, 1.807) is 6.08 Å². The van der Waals surface area contributed by atoms with Crippen molar-refractivity contribution in [3.8, 4) is 0 Å². The number of esters is 1. The number of nitrogens with one attached hydrogen (secondary N) is 1. The Bertz CT molecular complexity index is 1170. The highest BCUT2D eigenvalue weighted by Crippen LogP contribution is 2.19. The van der Waals surface area contributed by atoms with Crippen molar-refractivity contribution in [3.63, 3.8) is 0 Å². The topological polar surface area (TPSA) is 95.9 Å². The fraction of sp³-hybridized carbons (Fsp3) is 0.913. The highest BCUT2D eigenvalue weighted by atomic mass is 16.5. The van der Waals surface area contributed by atoms with Gasteiger partial charge in [0.15, 0.2) is 0 Å². The molecule has 0 aliphatic heterocycles. The van der Waals surface area contributed by atoms with Gasteiger partial charge in [0.2, 0.25) is 5.91 Å². The van der Waals surface area contributed by atoms with Crippen LogP contribution in [0.25, 0.3) is 0 Å². The van der Waals surface area contributed by atoms with Crippen molar-refractivity contribution < 1.29 is 24.5 Å². The summed E-state index contributed by atoms with van der Waals surface area (Å²) in [6, 6.07) is -0.621. The average molecular weight is 1060 g/mol. The summed E-state index contributed by atoms with van der Waals surface area (Å²) in [4.78, 5) is 24.5. The molecule has 0 saturated carbocycles. The van der Waals surface area contributed by atoms with Crippen molar-refractivity contribution >= 4 is 11.9 Å². The summed E-state index contributed by atoms with van der Waals surface area (Å²) >= 11 is 0. The van der Waals surface area contributed by atoms with E-state index in [9.17, 15) is 19.8 Å². The van der Waals surface area contributed by atoms with Gasteiger partial charge < -0.3 is 20.3 Å². The molecule has 0 rings (SSSR count). The molecule has 6 heteroatoms. The minimum Gasteiger partial charge on any atom is -0.466 e. The molecule has 3 N–H and O–H groups in total. The summed E-state index contributed by atoms with van der Waals surface area (Å²) in [7, 11) is 0. The second-order valence-corrected chi connectivity index (χ2v) is 23.5. The Balaban J connectivity index is 3.29. The molecular formula is C69H133NO5. The monoisotopic (exact) mass is 1060 g/mol. The van der Waals surface area contributed by atoms with Gasteiger partial charge in [-0.3, -0.25) is 9.59 Å². The highest BCUT2D eigenvalue weighted by Gasteiger charge is 2.18. The Morgan fingerprint density at radius 1 is 0.360 bits per heavy atom. The molecule has 0 heterocycles. The Hall–Kier alpha value is -1.66. The van der Waals surface area contributed by atoms with Gasteiger partial charge in [-0.2, -0.15) is 0 Å². The lowest BCUT2D eigenvalue weighted by atomic mass is 10.0. The van der Waals surface area contributed by atoms with E-state index >= 15 is 0 Å². The molecule has 0 saturated heterocycles. The van der Waals surface area contributed by atoms with Crippen molar-refractivity contribution in [1.82, 2.24) is 5.32 Å². The number of ether oxygens (including phenoxy) is 1. The third kappa shape index (κ3) is 61.4. The largest absolute Gasteiger partial charge is 0.466 e. The first-order valence-electron chi connectivity index (χ1n) is 34.1. The van der Waals surface area contributed by atoms with Gasteiger partial charge in [-0.15, -0.1) is 0 Å². The van der Waals surface area contributed by atoms with E-state index in [1.165, 1.54) is 308 Å². The van der Waals surface area contributed by atoms with Crippen LogP contribution in [-0.4, -0.2) is 47.4 Å². The molecule has 0 radical (unpaired) electrons. The van der Waals surface area contributed by atoms with Gasteiger partial charge in [-0.1, -0.05) is 334 Å². The number of carbonyl (C=O) groups is 2. The van der Waals surface area contributed by atoms with Crippen LogP contribution in [0.1, 0.15) is 380 Å². The molecule has 444 valence electrons. The first-order valence-corrected chi connectivity index (χ1v) is 34.1. The molecule has 0 spiro atoms. The van der Waals surface area contributed by atoms with E-state index in [0.717, 1.165) is 44.9 Å². The molecule has 75 heavy (non-hydrogen) atoms. The number of allylic oxidation sites excluding steroid dienone is 3. The van der Waals surface area contributed by atoms with Crippen LogP contribution in [0.15, 0.2) is 24.3 Å². The molecular weight excluding hydrogens is 923 g/mol. The van der Waals surface area contributed by atoms with Gasteiger partial charge in [0.25, 0.3) is 0 Å². The lowest BCUT2D eigenvalue weighted by Crippen LogP contribution is -2.45. The predicted octanol–water partition coefficient (Wildman–Crippen LogP) is 21.8. The van der Waals surface area contributed by atoms with E-state index in [4.69, 9.17) is 4.74 Å². The van der Waals surface area contributed by atoms with E-state index in [1.807, 2.05) is 6.08 Å². The fourth-order valence-corrected chi connectivity index (χ4v) is 10.7. The first kappa shape index (κ1) is 73.3. The zero-order valence-corrected chi connectivity index (χ0v) is 50.8. The quantitative estimate of drug-likeness (QED) is 0.0320. The maximum absolute atomic E-state index is 12.4. The fourth-order valence-electron chi connectivity index (χ4n) is 10.7. The maximum atomic E-state index is 12.4. The summed E-state index contributed by atoms with van der Waals surface area (Å²) in [6.07, 6.45) is 81.3. The van der Waals surface area contributed by atoms with Crippen LogP contribution >= 0.6 is 0 Å². The van der Waals surface area contributed by atoms with Gasteiger partial charge in [-0.05, 0) is 57.8 Å². The van der Waals surface area contributed by atoms with Gasteiger partial charge in [0.1, 0.15) is 0 Å². The zero-order chi connectivity index (χ0) is 54.3. The molecule has 0 aliphatic carbocycles. The Morgan fingerprint density at radius 2 is 0.627 bits per heavy atom. The number of rotatable bonds is 64. The lowest BCUT2D eigenvalue weighted by Gasteiger charge is -2.20. The molecule has 1 amide bonds. The van der Waals surface area contributed by atoms with E-state index in [0.29, 0.717) is 19.4 Å². The summed E-state index contributed by atoms with van der Waals surface area (Å²) in [5.41, 5.74) is 0. The average Bonchev–Trinajstić information content (AvgIpc) is 3.41. The number of amides is 1. The Morgan fingerprint density at radius 3 is 0.960 bits per heavy atom. The lowest BCUT2D eigenvalue weighted by molar-refractivity contribution is -0.143. The van der Waals surface area contributed by atoms with E-state index in [2.05, 4.69) is 31.3 Å². The number of aliphatic hydroxyl groups excluding tert-OH is 2. The minimum atomic E-state index is -0.838. The van der Waals surface area contributed by atoms with Crippen LogP contribution in [0.2, 0.25) is 0 Å². The SMILES string of the molecule is CCCCCC/C=C\CCCCCCCC(=O)OCCCCCCCCCCCCCCCCCCCCCCCCCCCCCCCCCCCCCC(=O)NC(CO)C(O)/C=C/CCCCCCCCCC. The molecule has 0 aliphatic rings. The highest BCUT2D eigenvalue weighted by molar-refractivity contribution is 5.76. The molecule has 0 aromatic carbocycles. The van der Waals surface area contributed by atoms with Crippen molar-refractivity contribution in [2.75, 3.05) is 13.2 Å². The van der Waals surface area contributed by atoms with Gasteiger partial charge >= 0.3 is 5.97 Å². The van der Waals surface area contributed by atoms with Gasteiger partial charge in [0.05, 0.1) is 25.4 Å². The predicted molar refractivity (Wildman–Crippen MR) is 329 cm³/mol. The van der Waals surface area contributed by atoms with Gasteiger partial charge in [-0.25, -0.2) is 0 Å². The van der Waals surface area contributed by atoms with Crippen LogP contribution in [-0.2, 0) is 14.3 Å². The molecule has 2 atom stereocenters. The van der Waals surface area contributed by atoms with Crippen LogP contribution in [0.4, 0.5) is 0 Å². The molecule has 0 aromatic heterocycles. The molecule has 0 fully saturated rings. The van der Waals surface area contributed by atoms with E-state index < -0.39 is 12.1 Å². The van der Waals surface area contributed by atoms with Crippen LogP contribution in [0.5, 0.6) is 0 Å². The minimum absolute atomic E-state index is 0.0133. The normalized spacial score (nSPS) is 12.6. The first-order chi connectivity index (χ1) is 37.0. The van der Waals surface area contributed by atoms with Crippen molar-refractivity contribution in [1.29, 1.82) is 0 Å². The third-order valence-corrected chi connectivity index (χ3v) is 16.0. The number of unbranched alkanes of at least 4 members (excludes halogenated alkanes) is 51. The number of hydrogen-bond acceptors (Lipinski definition) is 5. The van der Waals surface area contributed by atoms with Crippen LogP contribution in [0.3, 0.4) is 0 Å². The number of aliphatic hydroxyl groups is 2. The number of hydrogen-bond donors (Lipinski definition) is 3. The summed E-state index contributed by atoms with van der Waals surface area (Å²) < 4.78 is 5.48. The summed E-state index contributed by atoms with van der Waals surface area (Å²) in [5, 5.41) is 23.0. The molecule has 0 bridgehead atoms. The zero-order valence-electron chi connectivity index (χ0n) is 50.8. The summed E-state index contributed by atoms with van der Waals surface area (Å²) in [6.45, 7) is 4.89. The second kappa shape index (κ2) is 64.9. The third-order valence-electron chi connectivity index (χ3n) is 16.0. The maximum Gasteiger partial charge on any atom is 0.305 e. The number of carbonyl (C=O) groups excluding carboxylic acids is 2. The smallest absolute Gasteiger partial charge is 0.305 e. The van der Waals surface area contributed by atoms with Crippen molar-refractivity contribution in [3.05, 3.63) is 24.3 Å². The second-order valence-electron chi connectivity index (χ2n) is 23.5. The van der Waals surface area contributed by atoms with Crippen molar-refractivity contribution in [2.45, 2.75) is 392 Å². The van der Waals surface area contributed by atoms with Crippen LogP contribution < -0.4 is 5.32 Å². The van der Waals surface area contributed by atoms with Crippen molar-refractivity contribution in [2.24, 2.45) is 0 Å². The molecule has 0 aromatic rings. The molecule has 2 unspecified atom stereocenters. The standard InChI is InChI=1S/C69H133NO5/c1-3-5-7-9-11-13-15-39-43-47-51-55-59-63-69(74)75-64-60-56-52-48-44-41-38-36-34-32-30-28-26-24-22-20-18-16-17-19-21-23-25-27-29-31-33-35-37-40-42-46-50-54-58-62-68(73)70-66(65-71)67(72)61-57-53-49-45-14-12-10-8-6-4-2/h13,15,57,61,66-67,71-72H,3-12,14,16-56,58-60,62-65H2,1-2H3,(H,70,73)/b15-13-,61-57+.